The van der Waals surface area contributed by atoms with Gasteiger partial charge in [-0.15, -0.1) is 0 Å². The van der Waals surface area contributed by atoms with Gasteiger partial charge in [0.25, 0.3) is 5.91 Å². The third-order valence-electron chi connectivity index (χ3n) is 5.85. The smallest absolute Gasteiger partial charge is 0.256 e. The van der Waals surface area contributed by atoms with Gasteiger partial charge >= 0.3 is 0 Å². The van der Waals surface area contributed by atoms with Crippen molar-refractivity contribution in [3.63, 3.8) is 0 Å². The van der Waals surface area contributed by atoms with Gasteiger partial charge in [-0.2, -0.15) is 0 Å². The number of hydrogen-bond acceptors (Lipinski definition) is 5. The largest absolute Gasteiger partial charge is 0.490 e. The highest BCUT2D eigenvalue weighted by Gasteiger charge is 2.34. The second kappa shape index (κ2) is 8.81. The van der Waals surface area contributed by atoms with Gasteiger partial charge in [0.15, 0.2) is 17.3 Å². The third kappa shape index (κ3) is 4.33. The molecule has 9 heteroatoms. The Morgan fingerprint density at radius 3 is 2.65 bits per heavy atom. The van der Waals surface area contributed by atoms with E-state index in [1.54, 1.807) is 6.07 Å². The van der Waals surface area contributed by atoms with Crippen molar-refractivity contribution in [3.8, 4) is 22.6 Å². The van der Waals surface area contributed by atoms with Crippen molar-refractivity contribution in [2.75, 3.05) is 26.3 Å². The first-order valence-corrected chi connectivity index (χ1v) is 10.7. The van der Waals surface area contributed by atoms with Gasteiger partial charge in [0.2, 0.25) is 0 Å². The number of halogens is 3. The molecule has 34 heavy (non-hydrogen) atoms. The maximum Gasteiger partial charge on any atom is 0.256 e. The van der Waals surface area contributed by atoms with Gasteiger partial charge in [0, 0.05) is 48.8 Å². The summed E-state index contributed by atoms with van der Waals surface area (Å²) in [5, 5.41) is 0. The van der Waals surface area contributed by atoms with Crippen molar-refractivity contribution in [1.82, 2.24) is 9.88 Å². The van der Waals surface area contributed by atoms with E-state index in [0.29, 0.717) is 29.8 Å². The van der Waals surface area contributed by atoms with Crippen LogP contribution < -0.4 is 9.47 Å². The number of pyridine rings is 1. The number of amides is 1. The number of nitrogens with zero attached hydrogens (tertiary/aromatic N) is 2. The molecule has 1 amide bonds. The molecule has 0 unspecified atom stereocenters. The van der Waals surface area contributed by atoms with Gasteiger partial charge in [-0.25, -0.2) is 13.2 Å². The molecule has 2 aromatic carbocycles. The zero-order valence-electron chi connectivity index (χ0n) is 17.9. The van der Waals surface area contributed by atoms with E-state index in [4.69, 9.17) is 9.47 Å². The normalized spacial score (nSPS) is 15.4. The monoisotopic (exact) mass is 468 g/mol. The Balaban J connectivity index is 1.18. The number of aromatic nitrogens is 1. The summed E-state index contributed by atoms with van der Waals surface area (Å²) in [5.41, 5.74) is 1.31. The summed E-state index contributed by atoms with van der Waals surface area (Å²) in [6.07, 6.45) is 2.61. The number of carbonyl (C=O) groups excluding carboxylic acids is 2. The van der Waals surface area contributed by atoms with Crippen LogP contribution in [-0.4, -0.2) is 47.9 Å². The Morgan fingerprint density at radius 1 is 1.06 bits per heavy atom. The number of rotatable bonds is 5. The highest BCUT2D eigenvalue weighted by molar-refractivity contribution is 5.96. The molecule has 0 N–H and O–H groups in total. The predicted molar refractivity (Wildman–Crippen MR) is 115 cm³/mol. The minimum Gasteiger partial charge on any atom is -0.490 e. The SMILES string of the molecule is O=C1COc2cc(F)c(C(=O)N3CC(COc4ccc(-c5cncc(F)c5)cc4F)C3)cc2C1. The molecule has 0 bridgehead atoms. The van der Waals surface area contributed by atoms with E-state index in [-0.39, 0.29) is 48.4 Å². The number of ether oxygens (including phenoxy) is 2. The van der Waals surface area contributed by atoms with E-state index >= 15 is 0 Å². The van der Waals surface area contributed by atoms with Gasteiger partial charge in [-0.1, -0.05) is 6.07 Å². The standard InChI is InChI=1S/C25H19F3N2O4/c26-18-3-17(8-29-9-18)15-1-2-23(22(28)6-15)33-12-14-10-30(11-14)25(32)20-5-16-4-19(31)13-34-24(16)7-21(20)27/h1-3,5-9,14H,4,10-13H2. The van der Waals surface area contributed by atoms with Crippen molar-refractivity contribution in [2.24, 2.45) is 5.92 Å². The summed E-state index contributed by atoms with van der Waals surface area (Å²) < 4.78 is 53.0. The quantitative estimate of drug-likeness (QED) is 0.570. The lowest BCUT2D eigenvalue weighted by molar-refractivity contribution is -0.121. The molecular formula is C25H19F3N2O4. The van der Waals surface area contributed by atoms with Crippen LogP contribution in [0.3, 0.4) is 0 Å². The van der Waals surface area contributed by atoms with Crippen LogP contribution in [-0.2, 0) is 11.2 Å². The van der Waals surface area contributed by atoms with Crippen molar-refractivity contribution in [1.29, 1.82) is 0 Å². The Hall–Kier alpha value is -3.88. The number of fused-ring (bicyclic) bond motifs is 1. The zero-order chi connectivity index (χ0) is 23.8. The fraction of sp³-hybridized carbons (Fsp3) is 0.240. The minimum atomic E-state index is -0.701. The highest BCUT2D eigenvalue weighted by atomic mass is 19.1. The van der Waals surface area contributed by atoms with Crippen LogP contribution in [0.25, 0.3) is 11.1 Å². The van der Waals surface area contributed by atoms with Crippen molar-refractivity contribution in [2.45, 2.75) is 6.42 Å². The lowest BCUT2D eigenvalue weighted by Gasteiger charge is -2.39. The maximum atomic E-state index is 14.5. The van der Waals surface area contributed by atoms with E-state index in [1.807, 2.05) is 0 Å². The third-order valence-corrected chi connectivity index (χ3v) is 5.85. The van der Waals surface area contributed by atoms with Gasteiger partial charge in [-0.05, 0) is 29.8 Å². The highest BCUT2D eigenvalue weighted by Crippen LogP contribution is 2.30. The summed E-state index contributed by atoms with van der Waals surface area (Å²) in [5.74, 6) is -2.13. The molecule has 0 spiro atoms. The first kappa shape index (κ1) is 21.9. The van der Waals surface area contributed by atoms with Crippen LogP contribution in [0.1, 0.15) is 15.9 Å². The molecular weight excluding hydrogens is 449 g/mol. The Morgan fingerprint density at radius 2 is 1.88 bits per heavy atom. The predicted octanol–water partition coefficient (Wildman–Crippen LogP) is 3.82. The molecule has 0 saturated carbocycles. The zero-order valence-corrected chi connectivity index (χ0v) is 17.9. The van der Waals surface area contributed by atoms with Gasteiger partial charge < -0.3 is 14.4 Å². The lowest BCUT2D eigenvalue weighted by atomic mass is 9.97. The van der Waals surface area contributed by atoms with Crippen LogP contribution in [0.2, 0.25) is 0 Å². The molecule has 174 valence electrons. The van der Waals surface area contributed by atoms with E-state index in [2.05, 4.69) is 4.98 Å². The van der Waals surface area contributed by atoms with Crippen molar-refractivity contribution >= 4 is 11.7 Å². The summed E-state index contributed by atoms with van der Waals surface area (Å²) in [6.45, 7) is 0.744. The molecule has 2 aliphatic heterocycles. The number of ketones is 1. The molecule has 1 aromatic heterocycles. The topological polar surface area (TPSA) is 68.7 Å². The molecule has 2 aliphatic rings. The molecule has 0 aliphatic carbocycles. The molecule has 5 rings (SSSR count). The van der Waals surface area contributed by atoms with Crippen LogP contribution in [0.5, 0.6) is 11.5 Å². The molecule has 1 saturated heterocycles. The molecule has 3 heterocycles. The van der Waals surface area contributed by atoms with Crippen LogP contribution in [0.4, 0.5) is 13.2 Å². The van der Waals surface area contributed by atoms with Crippen molar-refractivity contribution in [3.05, 3.63) is 77.4 Å². The summed E-state index contributed by atoms with van der Waals surface area (Å²) in [6, 6.07) is 8.09. The van der Waals surface area contributed by atoms with Gasteiger partial charge in [-0.3, -0.25) is 14.6 Å². The fourth-order valence-electron chi connectivity index (χ4n) is 4.04. The number of hydrogen-bond donors (Lipinski definition) is 0. The number of likely N-dealkylation sites (tertiary alicyclic amines) is 1. The number of benzene rings is 2. The summed E-state index contributed by atoms with van der Waals surface area (Å²) in [4.78, 5) is 29.5. The van der Waals surface area contributed by atoms with Gasteiger partial charge in [0.1, 0.15) is 24.0 Å². The van der Waals surface area contributed by atoms with Crippen LogP contribution in [0.15, 0.2) is 48.8 Å². The molecule has 3 aromatic rings. The first-order valence-electron chi connectivity index (χ1n) is 10.7. The van der Waals surface area contributed by atoms with Crippen LogP contribution in [0, 0.1) is 23.4 Å². The van der Waals surface area contributed by atoms with Gasteiger partial charge in [0.05, 0.1) is 18.4 Å². The Kier molecular flexibility index (Phi) is 5.69. The number of Topliss-reactive ketones (excluding diaryl/α,β-unsaturated/α-hetero) is 1. The average Bonchev–Trinajstić information content (AvgIpc) is 2.78. The minimum absolute atomic E-state index is 0.0407. The van der Waals surface area contributed by atoms with Crippen molar-refractivity contribution < 1.29 is 32.2 Å². The summed E-state index contributed by atoms with van der Waals surface area (Å²) >= 11 is 0. The van der Waals surface area contributed by atoms with Crippen LogP contribution >= 0.6 is 0 Å². The Bertz CT molecular complexity index is 1290. The maximum absolute atomic E-state index is 14.5. The Labute approximate surface area is 192 Å². The van der Waals surface area contributed by atoms with E-state index in [0.717, 1.165) is 12.3 Å². The van der Waals surface area contributed by atoms with E-state index < -0.39 is 23.4 Å². The second-order valence-corrected chi connectivity index (χ2v) is 8.37. The first-order chi connectivity index (χ1) is 16.4. The molecule has 0 radical (unpaired) electrons. The van der Waals surface area contributed by atoms with E-state index in [1.165, 1.54) is 35.4 Å². The molecule has 0 atom stereocenters. The second-order valence-electron chi connectivity index (χ2n) is 8.37. The van der Waals surface area contributed by atoms with E-state index in [9.17, 15) is 22.8 Å². The fourth-order valence-corrected chi connectivity index (χ4v) is 4.04. The molecule has 1 fully saturated rings. The average molecular weight is 468 g/mol. The number of carbonyl (C=O) groups is 2. The lowest BCUT2D eigenvalue weighted by Crippen LogP contribution is -2.52. The molecule has 6 nitrogen and oxygen atoms in total. The summed E-state index contributed by atoms with van der Waals surface area (Å²) in [7, 11) is 0.